The lowest BCUT2D eigenvalue weighted by atomic mass is 10.2. The third kappa shape index (κ3) is 5.36. The van der Waals surface area contributed by atoms with Gasteiger partial charge in [-0.25, -0.2) is 9.59 Å². The zero-order valence-electron chi connectivity index (χ0n) is 13.9. The number of hydrogen-bond donors (Lipinski definition) is 0. The molecule has 0 bridgehead atoms. The van der Waals surface area contributed by atoms with Gasteiger partial charge in [0.25, 0.3) is 0 Å². The summed E-state index contributed by atoms with van der Waals surface area (Å²) < 4.78 is 16.2. The van der Waals surface area contributed by atoms with E-state index in [0.29, 0.717) is 27.6 Å². The number of benzene rings is 2. The summed E-state index contributed by atoms with van der Waals surface area (Å²) in [5, 5.41) is 1.04. The lowest BCUT2D eigenvalue weighted by molar-refractivity contribution is -0.0322. The first-order valence-corrected chi connectivity index (χ1v) is 9.30. The molecule has 3 rings (SSSR count). The molecule has 0 aromatic heterocycles. The van der Waals surface area contributed by atoms with Gasteiger partial charge in [0.05, 0.1) is 11.1 Å². The van der Waals surface area contributed by atoms with Gasteiger partial charge in [-0.3, -0.25) is 0 Å². The topological polar surface area (TPSA) is 61.8 Å². The van der Waals surface area contributed by atoms with E-state index in [1.165, 1.54) is 0 Å². The van der Waals surface area contributed by atoms with Crippen LogP contribution in [0.1, 0.15) is 27.1 Å². The van der Waals surface area contributed by atoms with Gasteiger partial charge in [0.15, 0.2) is 0 Å². The largest absolute Gasteiger partial charge is 0.459 e. The predicted octanol–water partition coefficient (Wildman–Crippen LogP) is 4.73. The zero-order valence-corrected chi connectivity index (χ0v) is 16.2. The first-order chi connectivity index (χ1) is 12.9. The highest BCUT2D eigenvalue weighted by Gasteiger charge is 2.38. The molecule has 1 aliphatic rings. The maximum absolute atomic E-state index is 12.3. The van der Waals surface area contributed by atoms with Crippen molar-refractivity contribution in [2.45, 2.75) is 24.2 Å². The Balaban J connectivity index is 1.58. The minimum absolute atomic E-state index is 0.0940. The van der Waals surface area contributed by atoms with E-state index in [0.717, 1.165) is 0 Å². The summed E-state index contributed by atoms with van der Waals surface area (Å²) in [5.74, 6) is -1.06. The van der Waals surface area contributed by atoms with Gasteiger partial charge < -0.3 is 14.2 Å². The Morgan fingerprint density at radius 1 is 0.926 bits per heavy atom. The van der Waals surface area contributed by atoms with Crippen molar-refractivity contribution in [3.8, 4) is 0 Å². The van der Waals surface area contributed by atoms with Gasteiger partial charge in [-0.1, -0.05) is 34.8 Å². The summed E-state index contributed by atoms with van der Waals surface area (Å²) in [5.41, 5.74) is 0.0797. The van der Waals surface area contributed by atoms with Crippen LogP contribution in [0.2, 0.25) is 10.0 Å². The molecule has 2 unspecified atom stereocenters. The molecule has 27 heavy (non-hydrogen) atoms. The van der Waals surface area contributed by atoms with E-state index in [2.05, 4.69) is 0 Å². The Bertz CT molecular complexity index is 807. The van der Waals surface area contributed by atoms with Crippen molar-refractivity contribution < 1.29 is 23.8 Å². The number of halogens is 3. The van der Waals surface area contributed by atoms with E-state index in [1.807, 2.05) is 0 Å². The lowest BCUT2D eigenvalue weighted by Gasteiger charge is -2.19. The van der Waals surface area contributed by atoms with Crippen molar-refractivity contribution in [2.24, 2.45) is 0 Å². The lowest BCUT2D eigenvalue weighted by Crippen LogP contribution is -2.32. The Morgan fingerprint density at radius 3 is 2.00 bits per heavy atom. The maximum atomic E-state index is 12.3. The third-order valence-corrected chi connectivity index (χ3v) is 4.74. The van der Waals surface area contributed by atoms with Gasteiger partial charge in [0.2, 0.25) is 0 Å². The molecule has 2 aromatic rings. The third-order valence-electron chi connectivity index (χ3n) is 3.95. The molecule has 142 valence electrons. The Hall–Kier alpha value is -1.79. The van der Waals surface area contributed by atoms with Crippen molar-refractivity contribution in [1.82, 2.24) is 0 Å². The van der Waals surface area contributed by atoms with Gasteiger partial charge in [0, 0.05) is 16.5 Å². The molecule has 0 amide bonds. The highest BCUT2D eigenvalue weighted by molar-refractivity contribution is 6.31. The normalized spacial score (nSPS) is 21.7. The van der Waals surface area contributed by atoms with Crippen LogP contribution >= 0.6 is 34.8 Å². The second-order valence-electron chi connectivity index (χ2n) is 5.88. The van der Waals surface area contributed by atoms with Crippen molar-refractivity contribution in [3.05, 3.63) is 69.7 Å². The summed E-state index contributed by atoms with van der Waals surface area (Å²) in [7, 11) is 0. The number of ether oxygens (including phenoxy) is 3. The molecule has 0 N–H and O–H groups in total. The first kappa shape index (κ1) is 20.0. The first-order valence-electron chi connectivity index (χ1n) is 8.11. The average Bonchev–Trinajstić information content (AvgIpc) is 3.00. The molecular weight excluding hydrogens is 415 g/mol. The van der Waals surface area contributed by atoms with E-state index < -0.39 is 29.7 Å². The highest BCUT2D eigenvalue weighted by atomic mass is 35.5. The van der Waals surface area contributed by atoms with Crippen molar-refractivity contribution in [1.29, 1.82) is 0 Å². The van der Waals surface area contributed by atoms with E-state index in [4.69, 9.17) is 49.0 Å². The van der Waals surface area contributed by atoms with E-state index >= 15 is 0 Å². The van der Waals surface area contributed by atoms with Gasteiger partial charge in [-0.05, 0) is 48.5 Å². The highest BCUT2D eigenvalue weighted by Crippen LogP contribution is 2.27. The van der Waals surface area contributed by atoms with Crippen LogP contribution in [-0.4, -0.2) is 36.3 Å². The molecule has 2 aromatic carbocycles. The quantitative estimate of drug-likeness (QED) is 0.508. The van der Waals surface area contributed by atoms with Gasteiger partial charge in [0.1, 0.15) is 24.4 Å². The van der Waals surface area contributed by atoms with Crippen molar-refractivity contribution in [2.75, 3.05) is 6.61 Å². The minimum Gasteiger partial charge on any atom is -0.459 e. The fraction of sp³-hybridized carbons (Fsp3) is 0.263. The molecule has 0 spiro atoms. The van der Waals surface area contributed by atoms with Crippen LogP contribution in [-0.2, 0) is 14.2 Å². The Morgan fingerprint density at radius 2 is 1.44 bits per heavy atom. The summed E-state index contributed by atoms with van der Waals surface area (Å²) in [4.78, 5) is 24.4. The van der Waals surface area contributed by atoms with Crippen molar-refractivity contribution in [3.63, 3.8) is 0 Å². The fourth-order valence-electron chi connectivity index (χ4n) is 2.56. The molecule has 3 atom stereocenters. The molecule has 5 nitrogen and oxygen atoms in total. The van der Waals surface area contributed by atoms with E-state index in [1.54, 1.807) is 48.5 Å². The van der Waals surface area contributed by atoms with Crippen LogP contribution in [0, 0.1) is 0 Å². The molecule has 8 heteroatoms. The molecule has 0 aliphatic carbocycles. The number of rotatable bonds is 5. The number of esters is 2. The summed E-state index contributed by atoms with van der Waals surface area (Å²) in [6.45, 7) is -0.0940. The van der Waals surface area contributed by atoms with Gasteiger partial charge in [-0.2, -0.15) is 0 Å². The number of carbonyl (C=O) groups excluding carboxylic acids is 2. The predicted molar refractivity (Wildman–Crippen MR) is 102 cm³/mol. The zero-order chi connectivity index (χ0) is 19.4. The molecule has 0 saturated carbocycles. The van der Waals surface area contributed by atoms with Crippen LogP contribution in [0.3, 0.4) is 0 Å². The van der Waals surface area contributed by atoms with E-state index in [9.17, 15) is 9.59 Å². The number of hydrogen-bond acceptors (Lipinski definition) is 5. The van der Waals surface area contributed by atoms with Crippen LogP contribution < -0.4 is 0 Å². The smallest absolute Gasteiger partial charge is 0.338 e. The van der Waals surface area contributed by atoms with Crippen LogP contribution in [0.5, 0.6) is 0 Å². The van der Waals surface area contributed by atoms with Crippen LogP contribution in [0.25, 0.3) is 0 Å². The number of carbonyl (C=O) groups is 2. The average molecular weight is 430 g/mol. The molecule has 1 fully saturated rings. The SMILES string of the molecule is O=C(OC[C@H]1OC(Cl)CC1OC(=O)c1ccc(Cl)cc1)c1ccc(Cl)cc1. The molecular formula is C19H15Cl3O5. The van der Waals surface area contributed by atoms with E-state index in [-0.39, 0.29) is 6.61 Å². The van der Waals surface area contributed by atoms with Crippen molar-refractivity contribution >= 4 is 46.7 Å². The maximum Gasteiger partial charge on any atom is 0.338 e. The Labute approximate surface area is 171 Å². The molecule has 1 heterocycles. The molecule has 1 aliphatic heterocycles. The molecule has 0 radical (unpaired) electrons. The second-order valence-corrected chi connectivity index (χ2v) is 7.24. The Kier molecular flexibility index (Phi) is 6.60. The fourth-order valence-corrected chi connectivity index (χ4v) is 3.12. The minimum atomic E-state index is -0.653. The summed E-state index contributed by atoms with van der Waals surface area (Å²) >= 11 is 17.6. The van der Waals surface area contributed by atoms with Gasteiger partial charge in [-0.15, -0.1) is 0 Å². The van der Waals surface area contributed by atoms with Crippen LogP contribution in [0.15, 0.2) is 48.5 Å². The summed E-state index contributed by atoms with van der Waals surface area (Å²) in [6, 6.07) is 12.6. The van der Waals surface area contributed by atoms with Crippen LogP contribution in [0.4, 0.5) is 0 Å². The number of alkyl halides is 1. The summed E-state index contributed by atoms with van der Waals surface area (Å²) in [6.07, 6.45) is -0.988. The van der Waals surface area contributed by atoms with Gasteiger partial charge >= 0.3 is 11.9 Å². The second kappa shape index (κ2) is 8.93. The monoisotopic (exact) mass is 428 g/mol. The molecule has 1 saturated heterocycles. The standard InChI is InChI=1S/C19H15Cl3O5/c20-13-5-1-11(2-6-13)18(23)25-10-16-15(9-17(22)26-16)27-19(24)12-3-7-14(21)8-4-12/h1-8,15-17H,9-10H2/t15?,16-,17?/m1/s1.